The third-order valence-electron chi connectivity index (χ3n) is 7.26. The molecule has 3 aliphatic heterocycles. The molecular weight excluding hydrogens is 532 g/mol. The van der Waals surface area contributed by atoms with Crippen LogP contribution in [0.1, 0.15) is 20.7 Å². The van der Waals surface area contributed by atoms with Crippen molar-refractivity contribution < 1.29 is 19.2 Å². The molecule has 0 bridgehead atoms. The molecule has 6 rings (SSSR count). The number of fused-ring (bicyclic) bond motifs is 3. The van der Waals surface area contributed by atoms with Crippen LogP contribution in [0.3, 0.4) is 0 Å². The van der Waals surface area contributed by atoms with Gasteiger partial charge in [-0.2, -0.15) is 0 Å². The lowest BCUT2D eigenvalue weighted by Crippen LogP contribution is -2.46. The maximum atomic E-state index is 13.8. The van der Waals surface area contributed by atoms with Gasteiger partial charge in [0, 0.05) is 27.4 Å². The van der Waals surface area contributed by atoms with Crippen LogP contribution in [0.5, 0.6) is 0 Å². The van der Waals surface area contributed by atoms with E-state index in [9.17, 15) is 19.2 Å². The summed E-state index contributed by atoms with van der Waals surface area (Å²) in [5.74, 6) is -2.84. The fourth-order valence-corrected chi connectivity index (χ4v) is 5.83. The Hall–Kier alpha value is -4.10. The number of carbonyl (C=O) groups excluding carboxylic acids is 4. The largest absolute Gasteiger partial charge is 0.359 e. The molecule has 182 valence electrons. The van der Waals surface area contributed by atoms with Crippen LogP contribution in [0, 0.1) is 11.8 Å². The Kier molecular flexibility index (Phi) is 5.72. The van der Waals surface area contributed by atoms with Crippen LogP contribution in [-0.2, 0) is 9.59 Å². The van der Waals surface area contributed by atoms with Gasteiger partial charge in [0.15, 0.2) is 11.6 Å². The fraction of sp³-hybridized carbons (Fsp3) is 0.133. The summed E-state index contributed by atoms with van der Waals surface area (Å²) in [6.07, 6.45) is 5.09. The van der Waals surface area contributed by atoms with Crippen LogP contribution < -0.4 is 4.90 Å². The van der Waals surface area contributed by atoms with E-state index in [1.165, 1.54) is 4.90 Å². The summed E-state index contributed by atoms with van der Waals surface area (Å²) < 4.78 is 0.832. The molecule has 6 nitrogen and oxygen atoms in total. The zero-order valence-electron chi connectivity index (χ0n) is 19.5. The van der Waals surface area contributed by atoms with E-state index < -0.39 is 29.8 Å². The maximum absolute atomic E-state index is 13.8. The molecule has 0 aliphatic carbocycles. The van der Waals surface area contributed by atoms with Gasteiger partial charge in [0.2, 0.25) is 11.8 Å². The average Bonchev–Trinajstić information content (AvgIpc) is 3.40. The smallest absolute Gasteiger partial charge is 0.240 e. The van der Waals surface area contributed by atoms with Gasteiger partial charge in [-0.1, -0.05) is 82.7 Å². The summed E-state index contributed by atoms with van der Waals surface area (Å²) in [6, 6.07) is 23.1. The van der Waals surface area contributed by atoms with Gasteiger partial charge in [0.1, 0.15) is 6.04 Å². The highest BCUT2D eigenvalue weighted by Gasteiger charge is 2.63. The van der Waals surface area contributed by atoms with E-state index >= 15 is 0 Å². The predicted octanol–water partition coefficient (Wildman–Crippen LogP) is 4.83. The molecule has 7 heteroatoms. The van der Waals surface area contributed by atoms with Crippen LogP contribution in [0.4, 0.5) is 5.69 Å². The molecule has 0 N–H and O–H groups in total. The summed E-state index contributed by atoms with van der Waals surface area (Å²) in [4.78, 5) is 57.6. The van der Waals surface area contributed by atoms with Crippen molar-refractivity contribution >= 4 is 45.0 Å². The highest BCUT2D eigenvalue weighted by molar-refractivity contribution is 9.10. The molecule has 2 amide bonds. The Balaban J connectivity index is 1.43. The summed E-state index contributed by atoms with van der Waals surface area (Å²) in [5, 5.41) is 0. The fourth-order valence-electron chi connectivity index (χ4n) is 5.57. The van der Waals surface area contributed by atoms with Gasteiger partial charge in [-0.3, -0.25) is 19.2 Å². The Labute approximate surface area is 222 Å². The van der Waals surface area contributed by atoms with Gasteiger partial charge in [-0.05, 0) is 30.3 Å². The van der Waals surface area contributed by atoms with Gasteiger partial charge in [-0.15, -0.1) is 0 Å². The quantitative estimate of drug-likeness (QED) is 0.335. The first-order valence-corrected chi connectivity index (χ1v) is 12.7. The Morgan fingerprint density at radius 1 is 0.730 bits per heavy atom. The molecule has 37 heavy (non-hydrogen) atoms. The van der Waals surface area contributed by atoms with Crippen LogP contribution in [0.2, 0.25) is 0 Å². The van der Waals surface area contributed by atoms with E-state index in [-0.39, 0.29) is 17.5 Å². The number of para-hydroxylation sites is 1. The number of carbonyl (C=O) groups is 4. The second-order valence-electron chi connectivity index (χ2n) is 9.29. The zero-order chi connectivity index (χ0) is 25.7. The number of halogens is 1. The second-order valence-corrected chi connectivity index (χ2v) is 10.2. The van der Waals surface area contributed by atoms with Crippen molar-refractivity contribution in [3.8, 4) is 0 Å². The van der Waals surface area contributed by atoms with Crippen molar-refractivity contribution in [2.45, 2.75) is 12.1 Å². The second kappa shape index (κ2) is 9.09. The third-order valence-corrected chi connectivity index (χ3v) is 7.79. The van der Waals surface area contributed by atoms with E-state index in [0.29, 0.717) is 22.4 Å². The number of imide groups is 1. The number of benzene rings is 3. The van der Waals surface area contributed by atoms with Crippen molar-refractivity contribution in [2.75, 3.05) is 4.90 Å². The predicted molar refractivity (Wildman–Crippen MR) is 142 cm³/mol. The molecular formula is C30H21BrN2O4. The van der Waals surface area contributed by atoms with Crippen molar-refractivity contribution in [2.24, 2.45) is 11.8 Å². The number of hydrogen-bond acceptors (Lipinski definition) is 5. The number of ketones is 2. The molecule has 4 atom stereocenters. The number of Topliss-reactive ketones (excluding diaryl/α,β-unsaturated/α-hetero) is 2. The molecule has 0 radical (unpaired) electrons. The molecule has 2 saturated heterocycles. The first kappa shape index (κ1) is 23.3. The molecule has 0 saturated carbocycles. The van der Waals surface area contributed by atoms with E-state index in [1.807, 2.05) is 12.1 Å². The minimum Gasteiger partial charge on any atom is -0.359 e. The lowest BCUT2D eigenvalue weighted by atomic mass is 9.85. The van der Waals surface area contributed by atoms with E-state index in [0.717, 1.165) is 4.47 Å². The topological polar surface area (TPSA) is 74.8 Å². The van der Waals surface area contributed by atoms with Crippen molar-refractivity contribution in [1.29, 1.82) is 0 Å². The molecule has 0 aromatic heterocycles. The number of rotatable bonds is 5. The number of hydrogen-bond donors (Lipinski definition) is 0. The van der Waals surface area contributed by atoms with Gasteiger partial charge in [0.05, 0.1) is 23.6 Å². The van der Waals surface area contributed by atoms with E-state index in [4.69, 9.17) is 0 Å². The highest BCUT2D eigenvalue weighted by Crippen LogP contribution is 2.47. The Bertz CT molecular complexity index is 1480. The molecule has 2 fully saturated rings. The first-order valence-electron chi connectivity index (χ1n) is 12.0. The summed E-state index contributed by atoms with van der Waals surface area (Å²) in [5.41, 5.74) is 1.89. The standard InChI is InChI=1S/C30H21BrN2O4/c31-21-13-11-19(12-14-21)28(35)26-25-24(29(36)33(30(25)37)22-9-5-2-6-10-22)23-17-20(15-16-32(23)26)27(34)18-7-3-1-4-8-18/h1-17,23-26H/t23-,24-,25-,26+/m1/s1. The van der Waals surface area contributed by atoms with Crippen LogP contribution in [0.15, 0.2) is 113 Å². The summed E-state index contributed by atoms with van der Waals surface area (Å²) in [6.45, 7) is 0. The van der Waals surface area contributed by atoms with Gasteiger partial charge in [0.25, 0.3) is 0 Å². The van der Waals surface area contributed by atoms with Crippen molar-refractivity contribution in [3.05, 3.63) is 124 Å². The lowest BCUT2D eigenvalue weighted by Gasteiger charge is -2.32. The van der Waals surface area contributed by atoms with Crippen LogP contribution in [-0.4, -0.2) is 40.4 Å². The van der Waals surface area contributed by atoms with E-state index in [2.05, 4.69) is 15.9 Å². The number of anilines is 1. The number of allylic oxidation sites excluding steroid dienone is 2. The van der Waals surface area contributed by atoms with Crippen molar-refractivity contribution in [1.82, 2.24) is 4.90 Å². The molecule has 0 unspecified atom stereocenters. The van der Waals surface area contributed by atoms with Gasteiger partial charge >= 0.3 is 0 Å². The minimum absolute atomic E-state index is 0.174. The van der Waals surface area contributed by atoms with Gasteiger partial charge < -0.3 is 4.90 Å². The minimum atomic E-state index is -0.874. The SMILES string of the molecule is O=C(C1=C[C@@H]2[C@H]3C(=O)N(c4ccccc4)C(=O)[C@H]3[C@@H](C(=O)c3ccc(Br)cc3)N2C=C1)c1ccccc1. The maximum Gasteiger partial charge on any atom is 0.240 e. The molecule has 3 aliphatic rings. The number of amides is 2. The normalized spacial score (nSPS) is 24.1. The monoisotopic (exact) mass is 552 g/mol. The average molecular weight is 553 g/mol. The Morgan fingerprint density at radius 3 is 2.03 bits per heavy atom. The van der Waals surface area contributed by atoms with Crippen LogP contribution in [0.25, 0.3) is 0 Å². The van der Waals surface area contributed by atoms with Crippen LogP contribution >= 0.6 is 15.9 Å². The highest BCUT2D eigenvalue weighted by atomic mass is 79.9. The van der Waals surface area contributed by atoms with Crippen molar-refractivity contribution in [3.63, 3.8) is 0 Å². The lowest BCUT2D eigenvalue weighted by molar-refractivity contribution is -0.123. The summed E-state index contributed by atoms with van der Waals surface area (Å²) in [7, 11) is 0. The summed E-state index contributed by atoms with van der Waals surface area (Å²) >= 11 is 3.39. The first-order chi connectivity index (χ1) is 18.0. The molecule has 3 aromatic rings. The molecule has 0 spiro atoms. The number of nitrogens with zero attached hydrogens (tertiary/aromatic N) is 2. The third kappa shape index (κ3) is 3.78. The Morgan fingerprint density at radius 2 is 1.35 bits per heavy atom. The molecule has 3 aromatic carbocycles. The molecule has 3 heterocycles. The zero-order valence-corrected chi connectivity index (χ0v) is 21.1. The van der Waals surface area contributed by atoms with Gasteiger partial charge in [-0.25, -0.2) is 4.90 Å². The van der Waals surface area contributed by atoms with E-state index in [1.54, 1.807) is 96.0 Å².